The molecule has 1 atom stereocenters. The molecule has 2 aliphatic rings. The van der Waals surface area contributed by atoms with Crippen molar-refractivity contribution in [3.63, 3.8) is 0 Å². The van der Waals surface area contributed by atoms with E-state index in [4.69, 9.17) is 9.47 Å². The molecule has 1 saturated heterocycles. The van der Waals surface area contributed by atoms with Crippen molar-refractivity contribution in [1.82, 2.24) is 10.2 Å². The topological polar surface area (TPSA) is 54.0 Å². The van der Waals surface area contributed by atoms with Crippen LogP contribution in [0.4, 0.5) is 10.1 Å². The summed E-state index contributed by atoms with van der Waals surface area (Å²) in [5.41, 5.74) is 1.73. The van der Waals surface area contributed by atoms with E-state index in [0.717, 1.165) is 49.7 Å². The van der Waals surface area contributed by atoms with Gasteiger partial charge in [0.1, 0.15) is 5.82 Å². The highest BCUT2D eigenvalue weighted by Crippen LogP contribution is 2.36. The van der Waals surface area contributed by atoms with E-state index in [1.165, 1.54) is 6.07 Å². The number of para-hydroxylation sites is 1. The first-order valence-corrected chi connectivity index (χ1v) is 10.6. The third-order valence-electron chi connectivity index (χ3n) is 5.70. The molecule has 0 aromatic heterocycles. The number of ether oxygens (including phenoxy) is 2. The van der Waals surface area contributed by atoms with Crippen LogP contribution < -0.4 is 19.7 Å². The molecule has 6 nitrogen and oxygen atoms in total. The summed E-state index contributed by atoms with van der Waals surface area (Å²) in [6.07, 6.45) is 1.34. The second-order valence-electron chi connectivity index (χ2n) is 7.66. The van der Waals surface area contributed by atoms with Gasteiger partial charge in [-0.2, -0.15) is 0 Å². The molecular formula is C23H28FN3O3. The number of anilines is 1. The van der Waals surface area contributed by atoms with Crippen molar-refractivity contribution in [2.24, 2.45) is 0 Å². The lowest BCUT2D eigenvalue weighted by Crippen LogP contribution is -2.50. The van der Waals surface area contributed by atoms with Crippen LogP contribution in [0.2, 0.25) is 0 Å². The molecule has 1 N–H and O–H groups in total. The Morgan fingerprint density at radius 1 is 1.10 bits per heavy atom. The van der Waals surface area contributed by atoms with E-state index >= 15 is 0 Å². The maximum absolute atomic E-state index is 14.2. The van der Waals surface area contributed by atoms with Gasteiger partial charge in [0.15, 0.2) is 11.5 Å². The zero-order valence-electron chi connectivity index (χ0n) is 17.3. The first-order valence-electron chi connectivity index (χ1n) is 10.6. The number of piperazine rings is 1. The zero-order chi connectivity index (χ0) is 20.9. The van der Waals surface area contributed by atoms with E-state index in [9.17, 15) is 9.18 Å². The average molecular weight is 413 g/mol. The molecule has 0 radical (unpaired) electrons. The highest BCUT2D eigenvalue weighted by atomic mass is 19.1. The summed E-state index contributed by atoms with van der Waals surface area (Å²) in [6.45, 7) is 5.76. The SMILES string of the molecule is CCCC(=O)NCC(c1ccc2c(c1)OCO2)N1CCN(c2ccccc2F)CC1. The number of amides is 1. The van der Waals surface area contributed by atoms with Crippen LogP contribution in [0.1, 0.15) is 31.4 Å². The molecule has 0 saturated carbocycles. The molecule has 7 heteroatoms. The van der Waals surface area contributed by atoms with Gasteiger partial charge < -0.3 is 19.7 Å². The molecule has 160 valence electrons. The average Bonchev–Trinajstić information content (AvgIpc) is 3.23. The van der Waals surface area contributed by atoms with Crippen molar-refractivity contribution in [3.8, 4) is 11.5 Å². The first-order chi connectivity index (χ1) is 14.7. The van der Waals surface area contributed by atoms with E-state index in [1.807, 2.05) is 37.3 Å². The van der Waals surface area contributed by atoms with Gasteiger partial charge >= 0.3 is 0 Å². The summed E-state index contributed by atoms with van der Waals surface area (Å²) in [5.74, 6) is 1.36. The minimum atomic E-state index is -0.190. The smallest absolute Gasteiger partial charge is 0.231 e. The number of carbonyl (C=O) groups excluding carboxylic acids is 1. The minimum absolute atomic E-state index is 0.0167. The van der Waals surface area contributed by atoms with Crippen molar-refractivity contribution in [2.75, 3.05) is 44.4 Å². The quantitative estimate of drug-likeness (QED) is 0.755. The molecule has 1 fully saturated rings. The Hall–Kier alpha value is -2.80. The van der Waals surface area contributed by atoms with Crippen LogP contribution in [0.3, 0.4) is 0 Å². The predicted molar refractivity (Wildman–Crippen MR) is 113 cm³/mol. The monoisotopic (exact) mass is 413 g/mol. The Morgan fingerprint density at radius 2 is 1.87 bits per heavy atom. The summed E-state index contributed by atoms with van der Waals surface area (Å²) in [7, 11) is 0. The molecule has 30 heavy (non-hydrogen) atoms. The molecule has 2 aromatic rings. The van der Waals surface area contributed by atoms with Crippen LogP contribution in [-0.4, -0.2) is 50.3 Å². The fraction of sp³-hybridized carbons (Fsp3) is 0.435. The maximum Gasteiger partial charge on any atom is 0.231 e. The van der Waals surface area contributed by atoms with Crippen LogP contribution in [0.25, 0.3) is 0 Å². The molecule has 0 spiro atoms. The Balaban J connectivity index is 1.48. The molecular weight excluding hydrogens is 385 g/mol. The van der Waals surface area contributed by atoms with Crippen molar-refractivity contribution in [3.05, 3.63) is 53.8 Å². The van der Waals surface area contributed by atoms with E-state index < -0.39 is 0 Å². The number of fused-ring (bicyclic) bond motifs is 1. The van der Waals surface area contributed by atoms with E-state index in [-0.39, 0.29) is 24.6 Å². The van der Waals surface area contributed by atoms with Crippen LogP contribution in [-0.2, 0) is 4.79 Å². The van der Waals surface area contributed by atoms with E-state index in [1.54, 1.807) is 6.07 Å². The van der Waals surface area contributed by atoms with Gasteiger partial charge in [-0.05, 0) is 36.2 Å². The molecule has 1 amide bonds. The second-order valence-corrected chi connectivity index (χ2v) is 7.66. The van der Waals surface area contributed by atoms with Gasteiger partial charge in [-0.3, -0.25) is 9.69 Å². The van der Waals surface area contributed by atoms with E-state index in [2.05, 4.69) is 15.1 Å². The number of hydrogen-bond acceptors (Lipinski definition) is 5. The largest absolute Gasteiger partial charge is 0.454 e. The number of rotatable bonds is 7. The Labute approximate surface area is 176 Å². The van der Waals surface area contributed by atoms with Crippen molar-refractivity contribution in [1.29, 1.82) is 0 Å². The van der Waals surface area contributed by atoms with Crippen LogP contribution in [0, 0.1) is 5.82 Å². The number of carbonyl (C=O) groups is 1. The van der Waals surface area contributed by atoms with Crippen molar-refractivity contribution in [2.45, 2.75) is 25.8 Å². The highest BCUT2D eigenvalue weighted by molar-refractivity contribution is 5.75. The molecule has 2 aliphatic heterocycles. The van der Waals surface area contributed by atoms with Gasteiger partial charge in [0.05, 0.1) is 11.7 Å². The van der Waals surface area contributed by atoms with Crippen LogP contribution in [0.5, 0.6) is 11.5 Å². The van der Waals surface area contributed by atoms with Crippen molar-refractivity contribution < 1.29 is 18.7 Å². The van der Waals surface area contributed by atoms with E-state index in [0.29, 0.717) is 18.7 Å². The van der Waals surface area contributed by atoms with Crippen LogP contribution >= 0.6 is 0 Å². The lowest BCUT2D eigenvalue weighted by molar-refractivity contribution is -0.121. The van der Waals surface area contributed by atoms with Gasteiger partial charge in [0, 0.05) is 39.1 Å². The fourth-order valence-electron chi connectivity index (χ4n) is 4.09. The number of nitrogens with one attached hydrogen (secondary N) is 1. The lowest BCUT2D eigenvalue weighted by atomic mass is 10.0. The van der Waals surface area contributed by atoms with Gasteiger partial charge in [0.25, 0.3) is 0 Å². The molecule has 1 unspecified atom stereocenters. The number of benzene rings is 2. The summed E-state index contributed by atoms with van der Waals surface area (Å²) in [4.78, 5) is 16.5. The second kappa shape index (κ2) is 9.34. The summed E-state index contributed by atoms with van der Waals surface area (Å²) >= 11 is 0. The van der Waals surface area contributed by atoms with Gasteiger partial charge in [-0.15, -0.1) is 0 Å². The molecule has 4 rings (SSSR count). The third-order valence-corrected chi connectivity index (χ3v) is 5.70. The lowest BCUT2D eigenvalue weighted by Gasteiger charge is -2.40. The maximum atomic E-state index is 14.2. The standard InChI is InChI=1S/C23H28FN3O3/c1-2-5-23(28)25-15-20(17-8-9-21-22(14-17)30-16-29-21)27-12-10-26(11-13-27)19-7-4-3-6-18(19)24/h3-4,6-9,14,20H,2,5,10-13,15-16H2,1H3,(H,25,28). The van der Waals surface area contributed by atoms with Crippen molar-refractivity contribution >= 4 is 11.6 Å². The summed E-state index contributed by atoms with van der Waals surface area (Å²) in [5, 5.41) is 3.07. The minimum Gasteiger partial charge on any atom is -0.454 e. The number of halogens is 1. The molecule has 2 aromatic carbocycles. The third kappa shape index (κ3) is 4.51. The number of hydrogen-bond donors (Lipinski definition) is 1. The molecule has 0 aliphatic carbocycles. The summed E-state index contributed by atoms with van der Waals surface area (Å²) in [6, 6.07) is 12.9. The summed E-state index contributed by atoms with van der Waals surface area (Å²) < 4.78 is 25.2. The zero-order valence-corrected chi connectivity index (χ0v) is 17.3. The van der Waals surface area contributed by atoms with Gasteiger partial charge in [-0.25, -0.2) is 4.39 Å². The normalized spacial score (nSPS) is 17.1. The molecule has 2 heterocycles. The highest BCUT2D eigenvalue weighted by Gasteiger charge is 2.28. The van der Waals surface area contributed by atoms with Gasteiger partial charge in [0.2, 0.25) is 12.7 Å². The predicted octanol–water partition coefficient (Wildman–Crippen LogP) is 3.33. The Kier molecular flexibility index (Phi) is 6.38. The molecule has 0 bridgehead atoms. The number of nitrogens with zero attached hydrogens (tertiary/aromatic N) is 2. The fourth-order valence-corrected chi connectivity index (χ4v) is 4.09. The Bertz CT molecular complexity index is 884. The van der Waals surface area contributed by atoms with Crippen LogP contribution in [0.15, 0.2) is 42.5 Å². The first kappa shape index (κ1) is 20.5. The van der Waals surface area contributed by atoms with Gasteiger partial charge in [-0.1, -0.05) is 25.1 Å². The Morgan fingerprint density at radius 3 is 2.63 bits per heavy atom.